The molecule has 70 heavy (non-hydrogen) atoms. The van der Waals surface area contributed by atoms with Gasteiger partial charge in [-0.15, -0.1) is 0 Å². The van der Waals surface area contributed by atoms with Crippen LogP contribution in [0.4, 0.5) is 4.79 Å². The van der Waals surface area contributed by atoms with Crippen molar-refractivity contribution >= 4 is 51.6 Å². The van der Waals surface area contributed by atoms with Crippen molar-refractivity contribution in [3.8, 4) is 5.75 Å². The van der Waals surface area contributed by atoms with Crippen LogP contribution in [-0.4, -0.2) is 166 Å². The van der Waals surface area contributed by atoms with Crippen molar-refractivity contribution < 1.29 is 61.3 Å². The van der Waals surface area contributed by atoms with Crippen LogP contribution in [0.5, 0.6) is 5.75 Å². The number of aliphatic carboxylic acids is 1. The number of amides is 6. The first-order valence-corrected chi connectivity index (χ1v) is 26.1. The van der Waals surface area contributed by atoms with Gasteiger partial charge in [0.25, 0.3) is 5.91 Å². The Hall–Kier alpha value is -4.86. The zero-order valence-corrected chi connectivity index (χ0v) is 44.1. The standard InChI is InChI=1S/C49H81N7O13S/c1-29(2)41(52-47(62)43(31(5)6)54(8)9)48(63)55(10)42(30(3)4)38(67-11)28-39(57)56-26-16-17-37(56)44(68-12)32(7)45(60)51-36(46(61)53-70(65,66)35-23-24-35)27-33-19-21-34(22-20-33)69-49(64)50-25-15-13-14-18-40(58)59/h19-22,29-32,35-38,41-44H,13-18,23-28H2,1-12H3,(H,50,64)(H,51,60)(H,52,62)(H,53,61)(H,58,59)/t32-,36+,37+,38-,41+,42+,43+,44-/m1/s1. The molecule has 1 saturated heterocycles. The lowest BCUT2D eigenvalue weighted by Crippen LogP contribution is -2.59. The molecule has 1 aliphatic heterocycles. The molecule has 0 spiro atoms. The Kier molecular flexibility index (Phi) is 23.5. The Labute approximate surface area is 415 Å². The fourth-order valence-corrected chi connectivity index (χ4v) is 10.7. The van der Waals surface area contributed by atoms with E-state index in [1.165, 1.54) is 26.4 Å². The Bertz CT molecular complexity index is 2020. The lowest BCUT2D eigenvalue weighted by Gasteiger charge is -2.40. The summed E-state index contributed by atoms with van der Waals surface area (Å²) in [4.78, 5) is 98.0. The Morgan fingerprint density at radius 1 is 0.800 bits per heavy atom. The molecular weight excluding hydrogens is 927 g/mol. The summed E-state index contributed by atoms with van der Waals surface area (Å²) >= 11 is 0. The molecule has 1 aromatic carbocycles. The number of hydrogen-bond donors (Lipinski definition) is 5. The summed E-state index contributed by atoms with van der Waals surface area (Å²) in [5.41, 5.74) is 0.521. The molecule has 8 atom stereocenters. The van der Waals surface area contributed by atoms with Gasteiger partial charge in [0.2, 0.25) is 33.7 Å². The summed E-state index contributed by atoms with van der Waals surface area (Å²) in [5.74, 6) is -4.38. The van der Waals surface area contributed by atoms with E-state index in [0.717, 1.165) is 0 Å². The van der Waals surface area contributed by atoms with Crippen molar-refractivity contribution in [3.05, 3.63) is 29.8 Å². The van der Waals surface area contributed by atoms with Crippen LogP contribution in [0.1, 0.15) is 112 Å². The number of carboxylic acids is 1. The topological polar surface area (TPSA) is 259 Å². The highest BCUT2D eigenvalue weighted by Crippen LogP contribution is 2.30. The molecule has 0 bridgehead atoms. The van der Waals surface area contributed by atoms with Crippen molar-refractivity contribution in [2.75, 3.05) is 48.5 Å². The molecule has 6 amide bonds. The maximum atomic E-state index is 14.4. The first kappa shape index (κ1) is 59.4. The SMILES string of the molecule is CO[C@H]([C@@H](C)C(=O)N[C@@H](Cc1ccc(OC(=O)NCCCCCC(=O)O)cc1)C(=O)NS(=O)(=O)C1CC1)[C@@H]1CCCN1C(=O)C[C@@H](OC)[C@H](C(C)C)N(C)C(=O)[C@@H](NC(=O)[C@H](C(C)C)N(C)C)C(C)C. The molecule has 1 aromatic rings. The van der Waals surface area contributed by atoms with Gasteiger partial charge >= 0.3 is 12.1 Å². The van der Waals surface area contributed by atoms with Gasteiger partial charge < -0.3 is 45.1 Å². The second-order valence-electron chi connectivity index (χ2n) is 20.0. The Balaban J connectivity index is 1.76. The molecule has 1 aliphatic carbocycles. The molecule has 0 radical (unpaired) electrons. The highest BCUT2D eigenvalue weighted by atomic mass is 32.2. The minimum absolute atomic E-state index is 0.00308. The first-order chi connectivity index (χ1) is 32.8. The molecule has 0 aromatic heterocycles. The number of unbranched alkanes of at least 4 members (excludes halogenated alkanes) is 2. The number of hydrogen-bond acceptors (Lipinski definition) is 13. The second-order valence-corrected chi connectivity index (χ2v) is 21.9. The highest BCUT2D eigenvalue weighted by Gasteiger charge is 2.44. The van der Waals surface area contributed by atoms with Gasteiger partial charge in [-0.3, -0.25) is 38.4 Å². The van der Waals surface area contributed by atoms with Crippen LogP contribution < -0.4 is 25.4 Å². The number of ether oxygens (including phenoxy) is 3. The van der Waals surface area contributed by atoms with E-state index in [9.17, 15) is 42.0 Å². The second kappa shape index (κ2) is 27.7. The highest BCUT2D eigenvalue weighted by molar-refractivity contribution is 7.90. The van der Waals surface area contributed by atoms with E-state index in [4.69, 9.17) is 19.3 Å². The molecular formula is C49H81N7O13S. The van der Waals surface area contributed by atoms with Gasteiger partial charge in [0.15, 0.2) is 0 Å². The van der Waals surface area contributed by atoms with E-state index in [-0.39, 0.29) is 60.5 Å². The van der Waals surface area contributed by atoms with Crippen LogP contribution in [0, 0.1) is 23.7 Å². The number of methoxy groups -OCH3 is 2. The van der Waals surface area contributed by atoms with E-state index in [0.29, 0.717) is 63.6 Å². The van der Waals surface area contributed by atoms with Gasteiger partial charge in [-0.1, -0.05) is 67.0 Å². The van der Waals surface area contributed by atoms with Crippen molar-refractivity contribution in [2.45, 2.75) is 160 Å². The van der Waals surface area contributed by atoms with E-state index in [2.05, 4.69) is 20.7 Å². The number of likely N-dealkylation sites (N-methyl/N-ethyl adjacent to an activating group) is 2. The van der Waals surface area contributed by atoms with Crippen LogP contribution in [0.2, 0.25) is 0 Å². The zero-order valence-electron chi connectivity index (χ0n) is 43.3. The molecule has 3 rings (SSSR count). The predicted molar refractivity (Wildman–Crippen MR) is 263 cm³/mol. The molecule has 2 fully saturated rings. The third-order valence-corrected chi connectivity index (χ3v) is 15.0. The van der Waals surface area contributed by atoms with Gasteiger partial charge in [-0.05, 0) is 88.1 Å². The van der Waals surface area contributed by atoms with Crippen LogP contribution in [0.25, 0.3) is 0 Å². The van der Waals surface area contributed by atoms with Crippen molar-refractivity contribution in [3.63, 3.8) is 0 Å². The van der Waals surface area contributed by atoms with Crippen LogP contribution in [0.15, 0.2) is 24.3 Å². The number of likely N-dealkylation sites (tertiary alicyclic amines) is 1. The number of benzene rings is 1. The van der Waals surface area contributed by atoms with Crippen molar-refractivity contribution in [1.82, 2.24) is 35.4 Å². The minimum Gasteiger partial charge on any atom is -0.481 e. The van der Waals surface area contributed by atoms with Crippen LogP contribution >= 0.6 is 0 Å². The largest absolute Gasteiger partial charge is 0.481 e. The number of nitrogens with zero attached hydrogens (tertiary/aromatic N) is 3. The van der Waals surface area contributed by atoms with Gasteiger partial charge in [-0.2, -0.15) is 0 Å². The number of rotatable bonds is 29. The Morgan fingerprint density at radius 3 is 1.97 bits per heavy atom. The molecule has 396 valence electrons. The fraction of sp³-hybridized carbons (Fsp3) is 0.735. The van der Waals surface area contributed by atoms with Crippen molar-refractivity contribution in [1.29, 1.82) is 0 Å². The van der Waals surface area contributed by atoms with Gasteiger partial charge in [-0.25, -0.2) is 13.2 Å². The third kappa shape index (κ3) is 17.5. The molecule has 1 heterocycles. The summed E-state index contributed by atoms with van der Waals surface area (Å²) in [5, 5.41) is 16.4. The summed E-state index contributed by atoms with van der Waals surface area (Å²) in [6.07, 6.45) is 1.19. The molecule has 20 nitrogen and oxygen atoms in total. The minimum atomic E-state index is -3.98. The monoisotopic (exact) mass is 1010 g/mol. The summed E-state index contributed by atoms with van der Waals surface area (Å²) < 4.78 is 45.2. The molecule has 1 saturated carbocycles. The van der Waals surface area contributed by atoms with E-state index >= 15 is 0 Å². The number of nitrogens with one attached hydrogen (secondary N) is 4. The molecule has 5 N–H and O–H groups in total. The van der Waals surface area contributed by atoms with Crippen LogP contribution in [0.3, 0.4) is 0 Å². The third-order valence-electron chi connectivity index (χ3n) is 13.2. The molecule has 2 aliphatic rings. The number of carbonyl (C=O) groups excluding carboxylic acids is 6. The number of carbonyl (C=O) groups is 7. The molecule has 0 unspecified atom stereocenters. The van der Waals surface area contributed by atoms with Gasteiger partial charge in [0.1, 0.15) is 17.8 Å². The maximum Gasteiger partial charge on any atom is 0.412 e. The normalized spacial score (nSPS) is 18.1. The predicted octanol–water partition coefficient (Wildman–Crippen LogP) is 3.31. The van der Waals surface area contributed by atoms with E-state index in [1.54, 1.807) is 35.9 Å². The van der Waals surface area contributed by atoms with Gasteiger partial charge in [0.05, 0.1) is 47.9 Å². The number of carboxylic acid groups (broad SMARTS) is 1. The average molecular weight is 1010 g/mol. The quantitative estimate of drug-likeness (QED) is 0.0722. The summed E-state index contributed by atoms with van der Waals surface area (Å²) in [6.45, 7) is 13.8. The average Bonchev–Trinajstić information content (AvgIpc) is 4.04. The lowest BCUT2D eigenvalue weighted by atomic mass is 9.91. The number of sulfonamides is 1. The fourth-order valence-electron chi connectivity index (χ4n) is 9.32. The lowest BCUT2D eigenvalue weighted by molar-refractivity contribution is -0.147. The Morgan fingerprint density at radius 2 is 1.44 bits per heavy atom. The maximum absolute atomic E-state index is 14.4. The summed E-state index contributed by atoms with van der Waals surface area (Å²) in [6, 6.07) is 2.42. The van der Waals surface area contributed by atoms with E-state index in [1.807, 2.05) is 60.5 Å². The zero-order chi connectivity index (χ0) is 52.6. The van der Waals surface area contributed by atoms with E-state index < -0.39 is 87.5 Å². The molecule has 21 heteroatoms. The van der Waals surface area contributed by atoms with Crippen LogP contribution in [-0.2, 0) is 54.7 Å². The van der Waals surface area contributed by atoms with Crippen molar-refractivity contribution in [2.24, 2.45) is 23.7 Å². The smallest absolute Gasteiger partial charge is 0.412 e. The van der Waals surface area contributed by atoms with Gasteiger partial charge in [0, 0.05) is 47.2 Å². The summed E-state index contributed by atoms with van der Waals surface area (Å²) in [7, 11) is 4.25. The first-order valence-electron chi connectivity index (χ1n) is 24.6.